The van der Waals surface area contributed by atoms with E-state index in [9.17, 15) is 0 Å². The minimum absolute atomic E-state index is 0.584. The highest BCUT2D eigenvalue weighted by Crippen LogP contribution is 2.32. The molecule has 0 amide bonds. The van der Waals surface area contributed by atoms with Gasteiger partial charge in [0.25, 0.3) is 0 Å². The first kappa shape index (κ1) is 13.4. The molecule has 0 aliphatic carbocycles. The van der Waals surface area contributed by atoms with Crippen LogP contribution >= 0.6 is 27.5 Å². The maximum absolute atomic E-state index is 6.08. The quantitative estimate of drug-likeness (QED) is 0.904. The standard InChI is InChI=1S/C14H13BrClNO/c15-11-6-5-10(7-8-17)14(9-11)18-13-4-2-1-3-12(13)16/h1-6,9H,7-8,17H2. The van der Waals surface area contributed by atoms with Crippen molar-refractivity contribution in [2.45, 2.75) is 6.42 Å². The number of ether oxygens (including phenoxy) is 1. The molecular weight excluding hydrogens is 314 g/mol. The van der Waals surface area contributed by atoms with Crippen LogP contribution in [-0.4, -0.2) is 6.54 Å². The molecule has 0 aromatic heterocycles. The lowest BCUT2D eigenvalue weighted by atomic mass is 10.1. The fourth-order valence-corrected chi connectivity index (χ4v) is 2.15. The van der Waals surface area contributed by atoms with E-state index in [0.717, 1.165) is 22.2 Å². The van der Waals surface area contributed by atoms with Crippen LogP contribution in [0.4, 0.5) is 0 Å². The highest BCUT2D eigenvalue weighted by molar-refractivity contribution is 9.10. The maximum atomic E-state index is 6.08. The fourth-order valence-electron chi connectivity index (χ4n) is 1.63. The lowest BCUT2D eigenvalue weighted by molar-refractivity contribution is 0.476. The van der Waals surface area contributed by atoms with E-state index in [-0.39, 0.29) is 0 Å². The molecule has 0 aliphatic heterocycles. The number of hydrogen-bond acceptors (Lipinski definition) is 2. The minimum Gasteiger partial charge on any atom is -0.455 e. The van der Waals surface area contributed by atoms with E-state index in [1.807, 2.05) is 36.4 Å². The van der Waals surface area contributed by atoms with Gasteiger partial charge in [0, 0.05) is 4.47 Å². The molecule has 0 heterocycles. The van der Waals surface area contributed by atoms with Crippen LogP contribution in [-0.2, 0) is 6.42 Å². The van der Waals surface area contributed by atoms with Crippen molar-refractivity contribution < 1.29 is 4.74 Å². The lowest BCUT2D eigenvalue weighted by Crippen LogP contribution is -2.04. The number of para-hydroxylation sites is 1. The Bertz CT molecular complexity index is 545. The van der Waals surface area contributed by atoms with Crippen LogP contribution in [0, 0.1) is 0 Å². The van der Waals surface area contributed by atoms with Gasteiger partial charge in [-0.3, -0.25) is 0 Å². The molecule has 0 aliphatic rings. The molecule has 2 N–H and O–H groups in total. The zero-order valence-corrected chi connectivity index (χ0v) is 12.0. The fraction of sp³-hybridized carbons (Fsp3) is 0.143. The van der Waals surface area contributed by atoms with Gasteiger partial charge >= 0.3 is 0 Å². The molecule has 4 heteroatoms. The van der Waals surface area contributed by atoms with Crippen LogP contribution in [0.2, 0.25) is 5.02 Å². The summed E-state index contributed by atoms with van der Waals surface area (Å²) in [6.45, 7) is 0.584. The summed E-state index contributed by atoms with van der Waals surface area (Å²) in [7, 11) is 0. The van der Waals surface area contributed by atoms with Crippen LogP contribution in [0.3, 0.4) is 0 Å². The molecule has 0 saturated heterocycles. The summed E-state index contributed by atoms with van der Waals surface area (Å²) in [5.74, 6) is 1.43. The van der Waals surface area contributed by atoms with Crippen molar-refractivity contribution in [3.05, 3.63) is 57.5 Å². The Morgan fingerprint density at radius 2 is 1.89 bits per heavy atom. The molecule has 2 aromatic carbocycles. The molecule has 0 unspecified atom stereocenters. The van der Waals surface area contributed by atoms with Gasteiger partial charge in [-0.05, 0) is 42.8 Å². The zero-order chi connectivity index (χ0) is 13.0. The Morgan fingerprint density at radius 3 is 2.61 bits per heavy atom. The van der Waals surface area contributed by atoms with E-state index in [1.165, 1.54) is 0 Å². The largest absolute Gasteiger partial charge is 0.455 e. The summed E-state index contributed by atoms with van der Waals surface area (Å²) in [5.41, 5.74) is 6.67. The first-order chi connectivity index (χ1) is 8.70. The molecule has 2 rings (SSSR count). The summed E-state index contributed by atoms with van der Waals surface area (Å²) >= 11 is 9.52. The molecule has 0 atom stereocenters. The van der Waals surface area contributed by atoms with Gasteiger partial charge in [0.1, 0.15) is 11.5 Å². The molecule has 0 radical (unpaired) electrons. The maximum Gasteiger partial charge on any atom is 0.146 e. The lowest BCUT2D eigenvalue weighted by Gasteiger charge is -2.12. The van der Waals surface area contributed by atoms with Gasteiger partial charge in [-0.1, -0.05) is 45.7 Å². The zero-order valence-electron chi connectivity index (χ0n) is 9.70. The number of benzene rings is 2. The summed E-state index contributed by atoms with van der Waals surface area (Å²) in [6, 6.07) is 13.3. The number of halogens is 2. The van der Waals surface area contributed by atoms with Crippen LogP contribution in [0.1, 0.15) is 5.56 Å². The van der Waals surface area contributed by atoms with Gasteiger partial charge in [0.05, 0.1) is 5.02 Å². The van der Waals surface area contributed by atoms with Crippen molar-refractivity contribution in [2.75, 3.05) is 6.54 Å². The Labute approximate surface area is 120 Å². The Hall–Kier alpha value is -1.03. The third-order valence-electron chi connectivity index (χ3n) is 2.50. The first-order valence-electron chi connectivity index (χ1n) is 5.61. The van der Waals surface area contributed by atoms with Crippen molar-refractivity contribution >= 4 is 27.5 Å². The van der Waals surface area contributed by atoms with E-state index < -0.39 is 0 Å². The van der Waals surface area contributed by atoms with E-state index in [0.29, 0.717) is 17.3 Å². The molecule has 0 spiro atoms. The predicted molar refractivity (Wildman–Crippen MR) is 78.4 cm³/mol. The van der Waals surface area contributed by atoms with Gasteiger partial charge in [-0.2, -0.15) is 0 Å². The van der Waals surface area contributed by atoms with Gasteiger partial charge in [0.15, 0.2) is 0 Å². The number of rotatable bonds is 4. The van der Waals surface area contributed by atoms with Gasteiger partial charge < -0.3 is 10.5 Å². The molecular formula is C14H13BrClNO. The van der Waals surface area contributed by atoms with E-state index in [1.54, 1.807) is 6.07 Å². The van der Waals surface area contributed by atoms with Crippen LogP contribution in [0.25, 0.3) is 0 Å². The minimum atomic E-state index is 0.584. The highest BCUT2D eigenvalue weighted by atomic mass is 79.9. The van der Waals surface area contributed by atoms with Crippen molar-refractivity contribution in [1.29, 1.82) is 0 Å². The molecule has 2 nitrogen and oxygen atoms in total. The third kappa shape index (κ3) is 3.25. The van der Waals surface area contributed by atoms with Crippen LogP contribution in [0.15, 0.2) is 46.9 Å². The average Bonchev–Trinajstić information content (AvgIpc) is 2.36. The van der Waals surface area contributed by atoms with E-state index in [4.69, 9.17) is 22.1 Å². The topological polar surface area (TPSA) is 35.2 Å². The van der Waals surface area contributed by atoms with Crippen molar-refractivity contribution in [3.63, 3.8) is 0 Å². The Morgan fingerprint density at radius 1 is 1.11 bits per heavy atom. The van der Waals surface area contributed by atoms with Gasteiger partial charge in [-0.15, -0.1) is 0 Å². The van der Waals surface area contributed by atoms with Crippen LogP contribution < -0.4 is 10.5 Å². The Kier molecular flexibility index (Phi) is 4.64. The van der Waals surface area contributed by atoms with Crippen molar-refractivity contribution in [2.24, 2.45) is 5.73 Å². The van der Waals surface area contributed by atoms with Crippen LogP contribution in [0.5, 0.6) is 11.5 Å². The van der Waals surface area contributed by atoms with Crippen molar-refractivity contribution in [1.82, 2.24) is 0 Å². The van der Waals surface area contributed by atoms with Crippen molar-refractivity contribution in [3.8, 4) is 11.5 Å². The van der Waals surface area contributed by atoms with E-state index >= 15 is 0 Å². The second-order valence-electron chi connectivity index (χ2n) is 3.82. The predicted octanol–water partition coefficient (Wildman–Crippen LogP) is 4.40. The number of hydrogen-bond donors (Lipinski definition) is 1. The second-order valence-corrected chi connectivity index (χ2v) is 5.15. The highest BCUT2D eigenvalue weighted by Gasteiger charge is 2.07. The molecule has 18 heavy (non-hydrogen) atoms. The van der Waals surface area contributed by atoms with Gasteiger partial charge in [0.2, 0.25) is 0 Å². The Balaban J connectivity index is 2.33. The van der Waals surface area contributed by atoms with Gasteiger partial charge in [-0.25, -0.2) is 0 Å². The first-order valence-corrected chi connectivity index (χ1v) is 6.78. The number of nitrogens with two attached hydrogens (primary N) is 1. The summed E-state index contributed by atoms with van der Waals surface area (Å²) < 4.78 is 6.82. The summed E-state index contributed by atoms with van der Waals surface area (Å²) in [6.07, 6.45) is 0.771. The molecule has 0 saturated carbocycles. The molecule has 0 fully saturated rings. The molecule has 0 bridgehead atoms. The average molecular weight is 327 g/mol. The third-order valence-corrected chi connectivity index (χ3v) is 3.30. The summed E-state index contributed by atoms with van der Waals surface area (Å²) in [4.78, 5) is 0. The normalized spacial score (nSPS) is 10.4. The molecule has 2 aromatic rings. The monoisotopic (exact) mass is 325 g/mol. The summed E-state index contributed by atoms with van der Waals surface area (Å²) in [5, 5.41) is 0.594. The smallest absolute Gasteiger partial charge is 0.146 e. The SMILES string of the molecule is NCCc1ccc(Br)cc1Oc1ccccc1Cl. The van der Waals surface area contributed by atoms with E-state index in [2.05, 4.69) is 15.9 Å². The second kappa shape index (κ2) is 6.23. The molecule has 94 valence electrons.